The van der Waals surface area contributed by atoms with Gasteiger partial charge in [-0.1, -0.05) is 0 Å². The average Bonchev–Trinajstić information content (AvgIpc) is 3.85. The third-order valence-electron chi connectivity index (χ3n) is 12.7. The number of hydrogen-bond donors (Lipinski definition) is 0. The fourth-order valence-corrected chi connectivity index (χ4v) is 15.1. The van der Waals surface area contributed by atoms with Crippen molar-refractivity contribution in [3.8, 4) is 0 Å². The van der Waals surface area contributed by atoms with Crippen LogP contribution in [0.2, 0.25) is 0 Å². The van der Waals surface area contributed by atoms with Gasteiger partial charge in [-0.2, -0.15) is 0 Å². The van der Waals surface area contributed by atoms with Crippen LogP contribution in [0.15, 0.2) is 170 Å². The molecule has 0 unspecified atom stereocenters. The Morgan fingerprint density at radius 2 is 0.667 bits per heavy atom. The number of rotatable bonds is 6. The van der Waals surface area contributed by atoms with E-state index in [4.69, 9.17) is 0 Å². The second kappa shape index (κ2) is 13.7. The van der Waals surface area contributed by atoms with Crippen LogP contribution in [0.3, 0.4) is 0 Å². The summed E-state index contributed by atoms with van der Waals surface area (Å²) in [5, 5.41) is 13.2. The molecule has 12 aromatic rings. The Balaban J connectivity index is 1.16. The van der Waals surface area contributed by atoms with E-state index in [2.05, 4.69) is 207 Å². The molecule has 10 aromatic carbocycles. The van der Waals surface area contributed by atoms with Gasteiger partial charge in [0, 0.05) is 0 Å². The Labute approximate surface area is 361 Å². The number of benzene rings is 10. The van der Waals surface area contributed by atoms with E-state index in [9.17, 15) is 0 Å². The van der Waals surface area contributed by atoms with Crippen LogP contribution in [0.5, 0.6) is 0 Å². The van der Waals surface area contributed by atoms with E-state index < -0.39 is 0 Å². The van der Waals surface area contributed by atoms with E-state index in [1.165, 1.54) is 127 Å². The molecule has 4 heteroatoms. The number of fused-ring (bicyclic) bond motifs is 6. The molecule has 0 N–H and O–H groups in total. The Bertz CT molecular complexity index is 3400. The molecule has 0 fully saturated rings. The van der Waals surface area contributed by atoms with Crippen molar-refractivity contribution in [2.24, 2.45) is 0 Å². The molecule has 0 bridgehead atoms. The third-order valence-corrected chi connectivity index (χ3v) is 17.7. The molecule has 2 nitrogen and oxygen atoms in total. The molecule has 0 aliphatic carbocycles. The summed E-state index contributed by atoms with van der Waals surface area (Å²) in [5.74, 6) is 0. The van der Waals surface area contributed by atoms with Crippen LogP contribution in [0.25, 0.3) is 70.9 Å². The Hall–Kier alpha value is -6.12. The summed E-state index contributed by atoms with van der Waals surface area (Å²) in [7, 11) is 0. The summed E-state index contributed by atoms with van der Waals surface area (Å²) >= 11 is 0.376. The van der Waals surface area contributed by atoms with Gasteiger partial charge >= 0.3 is 364 Å². The molecule has 2 heterocycles. The van der Waals surface area contributed by atoms with Gasteiger partial charge < -0.3 is 0 Å². The zero-order valence-electron chi connectivity index (χ0n) is 33.9. The minimum atomic E-state index is 0.188. The summed E-state index contributed by atoms with van der Waals surface area (Å²) in [4.78, 5) is 5.19. The summed E-state index contributed by atoms with van der Waals surface area (Å²) in [6.45, 7) is 9.07. The maximum absolute atomic E-state index is 2.60. The van der Waals surface area contributed by atoms with Crippen LogP contribution in [0, 0.1) is 27.7 Å². The van der Waals surface area contributed by atoms with Crippen molar-refractivity contribution in [1.82, 2.24) is 0 Å². The van der Waals surface area contributed by atoms with Crippen LogP contribution in [-0.2, 0) is 0 Å². The SMILES string of the molecule is Cc1cccc(C)c1N(c1ccc2ccc3c(N(c4c(C)cccc4C)c4cccc5c4[se]c4ccccc45)ccc4ccc1c2c43)c1cccc2c1[se]c1ccccc12. The van der Waals surface area contributed by atoms with Crippen LogP contribution >= 0.6 is 0 Å². The number of aryl methyl sites for hydroxylation is 4. The Morgan fingerprint density at radius 3 is 1.10 bits per heavy atom. The predicted octanol–water partition coefficient (Wildman–Crippen LogP) is 15.5. The van der Waals surface area contributed by atoms with Gasteiger partial charge in [-0.05, 0) is 0 Å². The van der Waals surface area contributed by atoms with Crippen molar-refractivity contribution in [1.29, 1.82) is 0 Å². The molecule has 12 rings (SSSR count). The van der Waals surface area contributed by atoms with Crippen molar-refractivity contribution in [3.63, 3.8) is 0 Å². The van der Waals surface area contributed by atoms with Crippen LogP contribution in [-0.4, -0.2) is 29.0 Å². The van der Waals surface area contributed by atoms with E-state index in [0.717, 1.165) is 0 Å². The first-order valence-corrected chi connectivity index (χ1v) is 24.1. The molecule has 60 heavy (non-hydrogen) atoms. The standard InChI is InChI=1S/C56H40N2Se2/c1-33-13-9-14-34(2)53(33)57(47-21-11-19-41-39-17-5-7-23-49(39)59-55(41)47)45-31-27-37-26-30-44-46(32-28-38-25-29-43(45)51(37)52(38)44)58(54-35(3)15-10-16-36(54)4)48-22-12-20-42-40-18-6-8-24-50(40)60-56(42)48/h5-32H,1-4H3. The van der Waals surface area contributed by atoms with Crippen molar-refractivity contribution in [2.45, 2.75) is 27.7 Å². The van der Waals surface area contributed by atoms with Crippen molar-refractivity contribution >= 4 is 134 Å². The molecule has 0 atom stereocenters. The fourth-order valence-electron chi connectivity index (χ4n) is 10.0. The van der Waals surface area contributed by atoms with Crippen LogP contribution in [0.4, 0.5) is 34.1 Å². The molecule has 0 aliphatic heterocycles. The molecular weight excluding hydrogens is 859 g/mol. The summed E-state index contributed by atoms with van der Waals surface area (Å²) in [5.41, 5.74) is 12.6. The monoisotopic (exact) mass is 900 g/mol. The Kier molecular flexibility index (Phi) is 8.18. The second-order valence-electron chi connectivity index (χ2n) is 16.2. The Morgan fingerprint density at radius 1 is 0.300 bits per heavy atom. The van der Waals surface area contributed by atoms with Crippen molar-refractivity contribution in [3.05, 3.63) is 192 Å². The number of nitrogens with zero attached hydrogens (tertiary/aromatic N) is 2. The maximum atomic E-state index is 2.60. The molecule has 0 radical (unpaired) electrons. The zero-order valence-corrected chi connectivity index (χ0v) is 37.3. The second-order valence-corrected chi connectivity index (χ2v) is 20.7. The molecular formula is C56H40N2Se2. The fraction of sp³-hybridized carbons (Fsp3) is 0.0714. The van der Waals surface area contributed by atoms with Gasteiger partial charge in [0.15, 0.2) is 0 Å². The van der Waals surface area contributed by atoms with Crippen molar-refractivity contribution in [2.75, 3.05) is 9.80 Å². The van der Waals surface area contributed by atoms with Gasteiger partial charge in [0.1, 0.15) is 0 Å². The summed E-state index contributed by atoms with van der Waals surface area (Å²) < 4.78 is 5.81. The zero-order chi connectivity index (χ0) is 40.2. The summed E-state index contributed by atoms with van der Waals surface area (Å²) in [6.07, 6.45) is 0. The molecule has 0 aliphatic rings. The molecule has 286 valence electrons. The van der Waals surface area contributed by atoms with Gasteiger partial charge in [0.05, 0.1) is 0 Å². The number of para-hydroxylation sites is 2. The van der Waals surface area contributed by atoms with Gasteiger partial charge in [0.2, 0.25) is 0 Å². The van der Waals surface area contributed by atoms with Gasteiger partial charge in [-0.3, -0.25) is 0 Å². The molecule has 0 amide bonds. The average molecular weight is 899 g/mol. The first-order valence-electron chi connectivity index (χ1n) is 20.7. The van der Waals surface area contributed by atoms with Crippen LogP contribution in [0.1, 0.15) is 22.3 Å². The molecule has 0 saturated carbocycles. The predicted molar refractivity (Wildman–Crippen MR) is 262 cm³/mol. The first-order chi connectivity index (χ1) is 29.4. The number of hydrogen-bond acceptors (Lipinski definition) is 2. The van der Waals surface area contributed by atoms with Crippen molar-refractivity contribution < 1.29 is 0 Å². The van der Waals surface area contributed by atoms with E-state index in [0.29, 0.717) is 0 Å². The number of anilines is 6. The van der Waals surface area contributed by atoms with Gasteiger partial charge in [0.25, 0.3) is 0 Å². The van der Waals surface area contributed by atoms with E-state index in [1.54, 1.807) is 0 Å². The van der Waals surface area contributed by atoms with E-state index >= 15 is 0 Å². The third kappa shape index (κ3) is 5.25. The quantitative estimate of drug-likeness (QED) is 0.121. The normalized spacial score (nSPS) is 12.0. The minimum absolute atomic E-state index is 0.188. The molecule has 0 saturated heterocycles. The van der Waals surface area contributed by atoms with Crippen LogP contribution < -0.4 is 9.80 Å². The molecule has 0 spiro atoms. The van der Waals surface area contributed by atoms with Gasteiger partial charge in [-0.25, -0.2) is 0 Å². The first kappa shape index (κ1) is 35.8. The van der Waals surface area contributed by atoms with Gasteiger partial charge in [-0.15, -0.1) is 0 Å². The summed E-state index contributed by atoms with van der Waals surface area (Å²) in [6, 6.07) is 64.3. The van der Waals surface area contributed by atoms with E-state index in [-0.39, 0.29) is 29.0 Å². The topological polar surface area (TPSA) is 6.48 Å². The molecule has 2 aromatic heterocycles. The van der Waals surface area contributed by atoms with E-state index in [1.807, 2.05) is 0 Å².